The summed E-state index contributed by atoms with van der Waals surface area (Å²) in [6.07, 6.45) is -10.5. The number of hydrogen-bond acceptors (Lipinski definition) is 6. The number of nitrogens with one attached hydrogen (secondary N) is 2. The number of rotatable bonds is 12. The topological polar surface area (TPSA) is 139 Å². The average Bonchev–Trinajstić information content (AvgIpc) is 2.73. The molecule has 0 aliphatic heterocycles. The summed E-state index contributed by atoms with van der Waals surface area (Å²) in [6.45, 7) is -1.58. The monoisotopic (exact) mass is 522 g/mol. The van der Waals surface area contributed by atoms with E-state index in [0.717, 1.165) is 28.6 Å². The van der Waals surface area contributed by atoms with Crippen LogP contribution in [0.25, 0.3) is 0 Å². The highest BCUT2D eigenvalue weighted by atomic mass is 32.2. The summed E-state index contributed by atoms with van der Waals surface area (Å²) in [5, 5.41) is 13.9. The Hall–Kier alpha value is -2.95. The Morgan fingerprint density at radius 3 is 1.74 bits per heavy atom. The van der Waals surface area contributed by atoms with E-state index in [0.29, 0.717) is 0 Å². The van der Waals surface area contributed by atoms with Crippen LogP contribution in [0.1, 0.15) is 19.3 Å². The van der Waals surface area contributed by atoms with Crippen molar-refractivity contribution in [2.75, 3.05) is 26.2 Å². The third-order valence-electron chi connectivity index (χ3n) is 4.19. The van der Waals surface area contributed by atoms with E-state index in [1.165, 1.54) is 0 Å². The van der Waals surface area contributed by atoms with Crippen LogP contribution in [0.4, 0.5) is 32.0 Å². The fraction of sp³-hybridized carbons (Fsp3) is 0.529. The molecule has 0 heterocycles. The van der Waals surface area contributed by atoms with Gasteiger partial charge in [0.05, 0.1) is 9.82 Å². The van der Waals surface area contributed by atoms with E-state index in [1.54, 1.807) is 10.6 Å². The Balaban J connectivity index is 2.82. The molecule has 0 spiro atoms. The molecule has 0 aromatic heterocycles. The summed E-state index contributed by atoms with van der Waals surface area (Å²) in [5.74, 6) is -4.37. The molecule has 10 nitrogen and oxygen atoms in total. The first kappa shape index (κ1) is 29.1. The first-order valence-electron chi connectivity index (χ1n) is 9.51. The third-order valence-corrected chi connectivity index (χ3v) is 6.10. The zero-order chi connectivity index (χ0) is 26.2. The van der Waals surface area contributed by atoms with Crippen molar-refractivity contribution in [3.63, 3.8) is 0 Å². The van der Waals surface area contributed by atoms with Gasteiger partial charge in [-0.3, -0.25) is 19.7 Å². The van der Waals surface area contributed by atoms with E-state index in [9.17, 15) is 54.5 Å². The molecule has 2 amide bonds. The van der Waals surface area contributed by atoms with Gasteiger partial charge < -0.3 is 10.6 Å². The van der Waals surface area contributed by atoms with E-state index in [4.69, 9.17) is 0 Å². The lowest BCUT2D eigenvalue weighted by atomic mass is 10.3. The highest BCUT2D eigenvalue weighted by Crippen LogP contribution is 2.21. The van der Waals surface area contributed by atoms with Gasteiger partial charge >= 0.3 is 24.2 Å². The van der Waals surface area contributed by atoms with E-state index in [2.05, 4.69) is 0 Å². The summed E-state index contributed by atoms with van der Waals surface area (Å²) >= 11 is 0. The number of halogens is 6. The van der Waals surface area contributed by atoms with E-state index in [-0.39, 0.29) is 42.9 Å². The molecule has 2 N–H and O–H groups in total. The molecule has 0 saturated heterocycles. The number of alkyl halides is 6. The van der Waals surface area contributed by atoms with E-state index >= 15 is 0 Å². The minimum absolute atomic E-state index is 0.0285. The van der Waals surface area contributed by atoms with Crippen molar-refractivity contribution < 1.29 is 49.3 Å². The number of unbranched alkanes of at least 4 members (excludes halogenated alkanes) is 1. The number of nitro groups is 1. The van der Waals surface area contributed by atoms with Crippen molar-refractivity contribution in [2.45, 2.75) is 36.5 Å². The molecule has 17 heteroatoms. The van der Waals surface area contributed by atoms with Crippen LogP contribution in [0, 0.1) is 10.1 Å². The Kier molecular flexibility index (Phi) is 10.2. The molecule has 0 atom stereocenters. The molecule has 192 valence electrons. The van der Waals surface area contributed by atoms with Crippen molar-refractivity contribution in [3.05, 3.63) is 34.4 Å². The van der Waals surface area contributed by atoms with Crippen LogP contribution in [-0.2, 0) is 19.6 Å². The van der Waals surface area contributed by atoms with Crippen LogP contribution in [0.15, 0.2) is 29.2 Å². The molecule has 1 aromatic rings. The Morgan fingerprint density at radius 1 is 0.853 bits per heavy atom. The fourth-order valence-electron chi connectivity index (χ4n) is 2.51. The molecule has 0 fully saturated rings. The van der Waals surface area contributed by atoms with Gasteiger partial charge in [-0.05, 0) is 31.4 Å². The largest absolute Gasteiger partial charge is 0.471 e. The minimum Gasteiger partial charge on any atom is -0.348 e. The van der Waals surface area contributed by atoms with Crippen LogP contribution in [-0.4, -0.2) is 68.0 Å². The molecule has 1 aromatic carbocycles. The van der Waals surface area contributed by atoms with Gasteiger partial charge in [0.15, 0.2) is 0 Å². The molecular formula is C17H20F6N4O6S. The zero-order valence-electron chi connectivity index (χ0n) is 17.3. The quantitative estimate of drug-likeness (QED) is 0.187. The number of non-ortho nitro benzene ring substituents is 1. The Bertz CT molecular complexity index is 966. The number of nitro benzene ring substituents is 1. The number of sulfonamides is 1. The first-order valence-corrected chi connectivity index (χ1v) is 11.0. The number of benzene rings is 1. The maximum Gasteiger partial charge on any atom is 0.471 e. The summed E-state index contributed by atoms with van der Waals surface area (Å²) in [5.41, 5.74) is -0.388. The lowest BCUT2D eigenvalue weighted by Crippen LogP contribution is -2.39. The molecule has 0 saturated carbocycles. The van der Waals surface area contributed by atoms with Crippen molar-refractivity contribution in [3.8, 4) is 0 Å². The summed E-state index contributed by atoms with van der Waals surface area (Å²) in [6, 6.07) is 3.77. The lowest BCUT2D eigenvalue weighted by Gasteiger charge is -2.22. The lowest BCUT2D eigenvalue weighted by molar-refractivity contribution is -0.384. The Labute approximate surface area is 189 Å². The number of amides is 2. The van der Waals surface area contributed by atoms with Gasteiger partial charge in [0.25, 0.3) is 5.69 Å². The summed E-state index contributed by atoms with van der Waals surface area (Å²) < 4.78 is 99.8. The van der Waals surface area contributed by atoms with Crippen LogP contribution in [0.3, 0.4) is 0 Å². The van der Waals surface area contributed by atoms with Crippen LogP contribution >= 0.6 is 0 Å². The van der Waals surface area contributed by atoms with Crippen molar-refractivity contribution >= 4 is 27.5 Å². The smallest absolute Gasteiger partial charge is 0.348 e. The van der Waals surface area contributed by atoms with Crippen molar-refractivity contribution in [1.82, 2.24) is 14.9 Å². The van der Waals surface area contributed by atoms with E-state index in [1.807, 2.05) is 0 Å². The molecule has 34 heavy (non-hydrogen) atoms. The molecule has 0 unspecified atom stereocenters. The molecule has 0 aliphatic carbocycles. The fourth-order valence-corrected chi connectivity index (χ4v) is 4.03. The standard InChI is InChI=1S/C17H20F6N4O6S/c18-16(19,20)14(28)24-8-1-2-10-26(11-3-9-25-15(29)17(21,22)23)34(32,33)13-6-4-12(5-7-13)27(30)31/h4-7H,1-3,8-11H2,(H,24,28)(H,25,29). The molecule has 1 rings (SSSR count). The normalized spacial score (nSPS) is 12.4. The molecular weight excluding hydrogens is 502 g/mol. The first-order chi connectivity index (χ1) is 15.6. The van der Waals surface area contributed by atoms with Crippen LogP contribution in [0.5, 0.6) is 0 Å². The van der Waals surface area contributed by atoms with E-state index < -0.39 is 52.2 Å². The van der Waals surface area contributed by atoms with Gasteiger partial charge in [-0.2, -0.15) is 30.6 Å². The predicted molar refractivity (Wildman–Crippen MR) is 104 cm³/mol. The molecule has 0 radical (unpaired) electrons. The van der Waals surface area contributed by atoms with Gasteiger partial charge in [0.2, 0.25) is 10.0 Å². The minimum atomic E-state index is -5.12. The average molecular weight is 522 g/mol. The maximum atomic E-state index is 12.9. The molecule has 0 aliphatic rings. The summed E-state index contributed by atoms with van der Waals surface area (Å²) in [4.78, 5) is 31.2. The number of carbonyl (C=O) groups is 2. The second-order valence-electron chi connectivity index (χ2n) is 6.72. The highest BCUT2D eigenvalue weighted by molar-refractivity contribution is 7.89. The SMILES string of the molecule is O=C(NCCCCN(CCCNC(=O)C(F)(F)F)S(=O)(=O)c1ccc([N+](=O)[O-])cc1)C(F)(F)F. The predicted octanol–water partition coefficient (Wildman–Crippen LogP) is 2.11. The van der Waals surface area contributed by atoms with Gasteiger partial charge in [-0.25, -0.2) is 8.42 Å². The summed E-state index contributed by atoms with van der Waals surface area (Å²) in [7, 11) is -4.29. The van der Waals surface area contributed by atoms with Gasteiger partial charge in [0, 0.05) is 38.3 Å². The molecule has 0 bridgehead atoms. The van der Waals surface area contributed by atoms with Crippen molar-refractivity contribution in [2.24, 2.45) is 0 Å². The number of carbonyl (C=O) groups excluding carboxylic acids is 2. The maximum absolute atomic E-state index is 12.9. The third kappa shape index (κ3) is 9.12. The second-order valence-corrected chi connectivity index (χ2v) is 8.66. The van der Waals surface area contributed by atoms with Gasteiger partial charge in [-0.15, -0.1) is 0 Å². The Morgan fingerprint density at radius 2 is 1.29 bits per heavy atom. The number of hydrogen-bond donors (Lipinski definition) is 2. The van der Waals surface area contributed by atoms with Crippen LogP contribution in [0.2, 0.25) is 0 Å². The van der Waals surface area contributed by atoms with Gasteiger partial charge in [-0.1, -0.05) is 0 Å². The zero-order valence-corrected chi connectivity index (χ0v) is 18.1. The number of nitrogens with zero attached hydrogens (tertiary/aromatic N) is 2. The second kappa shape index (κ2) is 12.0. The van der Waals surface area contributed by atoms with Crippen LogP contribution < -0.4 is 10.6 Å². The van der Waals surface area contributed by atoms with Gasteiger partial charge in [0.1, 0.15) is 0 Å². The van der Waals surface area contributed by atoms with Crippen molar-refractivity contribution in [1.29, 1.82) is 0 Å². The highest BCUT2D eigenvalue weighted by Gasteiger charge is 2.39.